The second-order valence-electron chi connectivity index (χ2n) is 8.50. The van der Waals surface area contributed by atoms with Gasteiger partial charge >= 0.3 is 5.97 Å². The Labute approximate surface area is 213 Å². The van der Waals surface area contributed by atoms with Gasteiger partial charge in [-0.25, -0.2) is 9.78 Å². The van der Waals surface area contributed by atoms with Gasteiger partial charge in [-0.2, -0.15) is 12.6 Å². The van der Waals surface area contributed by atoms with Gasteiger partial charge in [-0.15, -0.1) is 0 Å². The number of phenols is 1. The van der Waals surface area contributed by atoms with Gasteiger partial charge in [0.1, 0.15) is 23.9 Å². The van der Waals surface area contributed by atoms with Gasteiger partial charge in [-0.05, 0) is 37.1 Å². The lowest BCUT2D eigenvalue weighted by atomic mass is 10.0. The van der Waals surface area contributed by atoms with Crippen LogP contribution < -0.4 is 21.3 Å². The first-order valence-corrected chi connectivity index (χ1v) is 12.1. The predicted octanol–water partition coefficient (Wildman–Crippen LogP) is -0.879. The molecule has 3 rings (SSSR count). The van der Waals surface area contributed by atoms with Crippen LogP contribution in [0.4, 0.5) is 0 Å². The number of aliphatic carboxylic acids is 1. The first-order chi connectivity index (χ1) is 17.3. The quantitative estimate of drug-likeness (QED) is 0.166. The lowest BCUT2D eigenvalue weighted by molar-refractivity contribution is -0.141. The Kier molecular flexibility index (Phi) is 9.70. The average Bonchev–Trinajstić information content (AvgIpc) is 3.57. The third-order valence-electron chi connectivity index (χ3n) is 5.79. The van der Waals surface area contributed by atoms with E-state index in [-0.39, 0.29) is 30.3 Å². The van der Waals surface area contributed by atoms with Crippen LogP contribution in [0.1, 0.15) is 24.1 Å². The highest BCUT2D eigenvalue weighted by Gasteiger charge is 2.31. The van der Waals surface area contributed by atoms with Crippen molar-refractivity contribution < 1.29 is 29.4 Å². The molecular formula is C23H30N6O6S. The molecule has 12 nitrogen and oxygen atoms in total. The molecule has 36 heavy (non-hydrogen) atoms. The lowest BCUT2D eigenvalue weighted by Crippen LogP contribution is -2.58. The second-order valence-corrected chi connectivity index (χ2v) is 8.87. The monoisotopic (exact) mass is 518 g/mol. The summed E-state index contributed by atoms with van der Waals surface area (Å²) < 4.78 is 0. The summed E-state index contributed by atoms with van der Waals surface area (Å²) in [4.78, 5) is 57.3. The van der Waals surface area contributed by atoms with E-state index in [9.17, 15) is 29.4 Å². The van der Waals surface area contributed by atoms with E-state index in [1.807, 2.05) is 0 Å². The van der Waals surface area contributed by atoms with Gasteiger partial charge in [0.05, 0.1) is 12.4 Å². The number of carbonyl (C=O) groups excluding carboxylic acids is 3. The maximum Gasteiger partial charge on any atom is 0.327 e. The summed E-state index contributed by atoms with van der Waals surface area (Å²) in [6, 6.07) is 2.21. The minimum absolute atomic E-state index is 0.0195. The van der Waals surface area contributed by atoms with Gasteiger partial charge in [0.25, 0.3) is 0 Å². The Morgan fingerprint density at radius 3 is 2.25 bits per heavy atom. The van der Waals surface area contributed by atoms with Crippen molar-refractivity contribution in [2.24, 2.45) is 0 Å². The molecule has 0 aliphatic carbocycles. The maximum atomic E-state index is 13.3. The first-order valence-electron chi connectivity index (χ1n) is 11.5. The number of carboxylic acids is 1. The predicted molar refractivity (Wildman–Crippen MR) is 132 cm³/mol. The first kappa shape index (κ1) is 27.0. The van der Waals surface area contributed by atoms with Crippen molar-refractivity contribution in [3.05, 3.63) is 48.0 Å². The molecule has 0 saturated carbocycles. The number of imidazole rings is 1. The Balaban J connectivity index is 1.79. The van der Waals surface area contributed by atoms with Crippen LogP contribution >= 0.6 is 12.6 Å². The molecule has 194 valence electrons. The molecule has 1 aliphatic heterocycles. The second kappa shape index (κ2) is 12.9. The molecule has 3 amide bonds. The number of benzene rings is 1. The van der Waals surface area contributed by atoms with Crippen LogP contribution in [0.15, 0.2) is 36.8 Å². The zero-order valence-corrected chi connectivity index (χ0v) is 20.3. The van der Waals surface area contributed by atoms with E-state index in [0.29, 0.717) is 24.2 Å². The molecule has 1 aromatic heterocycles. The van der Waals surface area contributed by atoms with Crippen LogP contribution in [0.3, 0.4) is 0 Å². The fourth-order valence-corrected chi connectivity index (χ4v) is 4.06. The number of aromatic hydroxyl groups is 1. The van der Waals surface area contributed by atoms with Crippen LogP contribution in [-0.4, -0.2) is 80.3 Å². The number of thiol groups is 1. The number of aromatic amines is 1. The van der Waals surface area contributed by atoms with E-state index < -0.39 is 42.0 Å². The third-order valence-corrected chi connectivity index (χ3v) is 6.16. The molecule has 0 radical (unpaired) electrons. The van der Waals surface area contributed by atoms with E-state index in [4.69, 9.17) is 0 Å². The van der Waals surface area contributed by atoms with Gasteiger partial charge in [0, 0.05) is 30.5 Å². The number of nitrogens with zero attached hydrogens (tertiary/aromatic N) is 1. The number of aromatic nitrogens is 2. The standard InChI is InChI=1S/C23H30N6O6S/c30-15-5-3-13(4-6-15)8-17(21(32)29-19(11-36)23(34)35)27-22(33)18(9-14-10-24-12-26-14)28-20(31)16-2-1-7-25-16/h3-6,10,12,16-19,25,30,36H,1-2,7-9,11H2,(H,24,26)(H,27,33)(H,28,31)(H,29,32)(H,34,35). The van der Waals surface area contributed by atoms with Crippen LogP contribution in [0.2, 0.25) is 0 Å². The highest BCUT2D eigenvalue weighted by Crippen LogP contribution is 2.12. The number of carboxylic acid groups (broad SMARTS) is 1. The molecule has 1 saturated heterocycles. The molecule has 1 aliphatic rings. The fraction of sp³-hybridized carbons (Fsp3) is 0.435. The topological polar surface area (TPSA) is 186 Å². The highest BCUT2D eigenvalue weighted by atomic mass is 32.1. The number of nitrogens with one attached hydrogen (secondary N) is 5. The van der Waals surface area contributed by atoms with E-state index >= 15 is 0 Å². The van der Waals surface area contributed by atoms with Crippen molar-refractivity contribution in [1.29, 1.82) is 0 Å². The van der Waals surface area contributed by atoms with Gasteiger partial charge < -0.3 is 36.5 Å². The fourth-order valence-electron chi connectivity index (χ4n) is 3.81. The largest absolute Gasteiger partial charge is 0.508 e. The molecule has 0 spiro atoms. The highest BCUT2D eigenvalue weighted by molar-refractivity contribution is 7.80. The summed E-state index contributed by atoms with van der Waals surface area (Å²) in [5.41, 5.74) is 1.23. The summed E-state index contributed by atoms with van der Waals surface area (Å²) in [6.45, 7) is 0.709. The minimum atomic E-state index is -1.26. The summed E-state index contributed by atoms with van der Waals surface area (Å²) in [7, 11) is 0. The Bertz CT molecular complexity index is 1040. The lowest BCUT2D eigenvalue weighted by Gasteiger charge is -2.25. The van der Waals surface area contributed by atoms with Crippen LogP contribution in [0.5, 0.6) is 5.75 Å². The van der Waals surface area contributed by atoms with Gasteiger partial charge in [0.2, 0.25) is 17.7 Å². The van der Waals surface area contributed by atoms with Gasteiger partial charge in [0.15, 0.2) is 0 Å². The Morgan fingerprint density at radius 2 is 1.69 bits per heavy atom. The normalized spacial score (nSPS) is 17.5. The van der Waals surface area contributed by atoms with Crippen LogP contribution in [0, 0.1) is 0 Å². The van der Waals surface area contributed by atoms with Crippen molar-refractivity contribution in [2.75, 3.05) is 12.3 Å². The number of H-pyrrole nitrogens is 1. The molecule has 13 heteroatoms. The maximum absolute atomic E-state index is 13.3. The van der Waals surface area contributed by atoms with Crippen LogP contribution in [-0.2, 0) is 32.0 Å². The van der Waals surface area contributed by atoms with Crippen molar-refractivity contribution in [3.8, 4) is 5.75 Å². The third kappa shape index (κ3) is 7.71. The molecule has 1 aromatic carbocycles. The molecule has 7 N–H and O–H groups in total. The van der Waals surface area contributed by atoms with Crippen molar-refractivity contribution in [1.82, 2.24) is 31.2 Å². The zero-order chi connectivity index (χ0) is 26.1. The molecule has 2 heterocycles. The summed E-state index contributed by atoms with van der Waals surface area (Å²) in [5.74, 6) is -3.04. The van der Waals surface area contributed by atoms with Gasteiger partial charge in [-0.3, -0.25) is 14.4 Å². The van der Waals surface area contributed by atoms with Crippen molar-refractivity contribution in [2.45, 2.75) is 49.9 Å². The number of phenolic OH excluding ortho intramolecular Hbond substituents is 1. The van der Waals surface area contributed by atoms with Crippen molar-refractivity contribution in [3.63, 3.8) is 0 Å². The zero-order valence-electron chi connectivity index (χ0n) is 19.4. The number of amides is 3. The molecule has 4 unspecified atom stereocenters. The number of hydrogen-bond donors (Lipinski definition) is 8. The number of rotatable bonds is 12. The Hall–Kier alpha value is -3.58. The average molecular weight is 519 g/mol. The molecule has 1 fully saturated rings. The molecule has 4 atom stereocenters. The van der Waals surface area contributed by atoms with E-state index in [1.54, 1.807) is 12.1 Å². The molecule has 2 aromatic rings. The number of carbonyl (C=O) groups is 4. The van der Waals surface area contributed by atoms with Crippen LogP contribution in [0.25, 0.3) is 0 Å². The SMILES string of the molecule is O=C(O)C(CS)NC(=O)C(Cc1ccc(O)cc1)NC(=O)C(Cc1cnc[nH]1)NC(=O)C1CCCN1. The van der Waals surface area contributed by atoms with E-state index in [2.05, 4.69) is 43.9 Å². The van der Waals surface area contributed by atoms with E-state index in [0.717, 1.165) is 6.42 Å². The Morgan fingerprint density at radius 1 is 1.03 bits per heavy atom. The summed E-state index contributed by atoms with van der Waals surface area (Å²) >= 11 is 3.97. The molecule has 0 bridgehead atoms. The smallest absolute Gasteiger partial charge is 0.327 e. The van der Waals surface area contributed by atoms with E-state index in [1.165, 1.54) is 24.7 Å². The minimum Gasteiger partial charge on any atom is -0.508 e. The summed E-state index contributed by atoms with van der Waals surface area (Å²) in [6.07, 6.45) is 4.61. The van der Waals surface area contributed by atoms with Crippen molar-refractivity contribution >= 4 is 36.3 Å². The number of hydrogen-bond acceptors (Lipinski definition) is 8. The van der Waals surface area contributed by atoms with Gasteiger partial charge in [-0.1, -0.05) is 12.1 Å². The summed E-state index contributed by atoms with van der Waals surface area (Å²) in [5, 5.41) is 29.7. The molecular weight excluding hydrogens is 488 g/mol.